The maximum absolute atomic E-state index is 15.0. The van der Waals surface area contributed by atoms with Crippen LogP contribution in [-0.4, -0.2) is 60.5 Å². The molecule has 0 spiro atoms. The summed E-state index contributed by atoms with van der Waals surface area (Å²) in [5, 5.41) is 0. The standard InChI is InChI=1S/C31H34FN7O2/c1-8-24(40)37-15-20(6)38(16-19(37)5)29-27-30(35-26(21(7)34-27)22-11-9-10-12-23(22)32)39(31(41)36-29)28-18(4)13-14-33-25(28)17(2)3/h8-14,17,19-20H,1,15-16H2,2-7H3/t19-,20+/m1/s1. The van der Waals surface area contributed by atoms with Crippen molar-refractivity contribution < 1.29 is 9.18 Å². The Labute approximate surface area is 238 Å². The highest BCUT2D eigenvalue weighted by Crippen LogP contribution is 2.33. The number of rotatable bonds is 5. The Morgan fingerprint density at radius 2 is 1.80 bits per heavy atom. The number of halogens is 1. The Morgan fingerprint density at radius 3 is 2.49 bits per heavy atom. The summed E-state index contributed by atoms with van der Waals surface area (Å²) >= 11 is 0. The van der Waals surface area contributed by atoms with Gasteiger partial charge >= 0.3 is 5.69 Å². The van der Waals surface area contributed by atoms with E-state index in [1.54, 1.807) is 36.2 Å². The van der Waals surface area contributed by atoms with E-state index in [4.69, 9.17) is 9.97 Å². The van der Waals surface area contributed by atoms with Gasteiger partial charge in [0.1, 0.15) is 11.3 Å². The molecule has 1 fully saturated rings. The van der Waals surface area contributed by atoms with E-state index in [0.29, 0.717) is 47.1 Å². The smallest absolute Gasteiger partial charge is 0.348 e. The van der Waals surface area contributed by atoms with Crippen LogP contribution in [0.1, 0.15) is 50.6 Å². The van der Waals surface area contributed by atoms with Gasteiger partial charge in [0, 0.05) is 36.9 Å². The van der Waals surface area contributed by atoms with E-state index in [1.807, 2.05) is 45.6 Å². The molecule has 0 saturated carbocycles. The van der Waals surface area contributed by atoms with Gasteiger partial charge in [0.15, 0.2) is 11.5 Å². The van der Waals surface area contributed by atoms with Crippen LogP contribution in [0.25, 0.3) is 28.1 Å². The van der Waals surface area contributed by atoms with Crippen molar-refractivity contribution in [2.24, 2.45) is 0 Å². The van der Waals surface area contributed by atoms with Gasteiger partial charge in [0.05, 0.1) is 22.8 Å². The van der Waals surface area contributed by atoms with Gasteiger partial charge in [0.25, 0.3) is 0 Å². The molecule has 0 aliphatic carbocycles. The van der Waals surface area contributed by atoms with Crippen LogP contribution in [0.5, 0.6) is 0 Å². The van der Waals surface area contributed by atoms with E-state index in [9.17, 15) is 14.0 Å². The number of carbonyl (C=O) groups excluding carboxylic acids is 1. The summed E-state index contributed by atoms with van der Waals surface area (Å²) in [5.41, 5.74) is 3.44. The molecule has 3 aromatic heterocycles. The predicted molar refractivity (Wildman–Crippen MR) is 158 cm³/mol. The average Bonchev–Trinajstić information content (AvgIpc) is 2.94. The van der Waals surface area contributed by atoms with Crippen molar-refractivity contribution in [2.45, 2.75) is 59.5 Å². The lowest BCUT2D eigenvalue weighted by atomic mass is 10.0. The minimum atomic E-state index is -0.535. The fourth-order valence-corrected chi connectivity index (χ4v) is 5.54. The van der Waals surface area contributed by atoms with Crippen molar-refractivity contribution in [3.05, 3.63) is 82.4 Å². The molecule has 1 aliphatic rings. The third-order valence-electron chi connectivity index (χ3n) is 7.64. The van der Waals surface area contributed by atoms with Crippen LogP contribution in [0.4, 0.5) is 10.2 Å². The molecular weight excluding hydrogens is 521 g/mol. The highest BCUT2D eigenvalue weighted by atomic mass is 19.1. The van der Waals surface area contributed by atoms with Crippen molar-refractivity contribution >= 4 is 22.9 Å². The predicted octanol–water partition coefficient (Wildman–Crippen LogP) is 4.73. The second kappa shape index (κ2) is 10.8. The summed E-state index contributed by atoms with van der Waals surface area (Å²) in [6, 6.07) is 7.90. The summed E-state index contributed by atoms with van der Waals surface area (Å²) in [5.74, 6) is -0.184. The molecular formula is C31H34FN7O2. The second-order valence-electron chi connectivity index (χ2n) is 10.9. The molecule has 9 nitrogen and oxygen atoms in total. The minimum Gasteiger partial charge on any atom is -0.348 e. The molecule has 0 bridgehead atoms. The van der Waals surface area contributed by atoms with E-state index in [1.165, 1.54) is 16.7 Å². The number of aryl methyl sites for hydroxylation is 2. The first kappa shape index (κ1) is 28.1. The second-order valence-corrected chi connectivity index (χ2v) is 10.9. The van der Waals surface area contributed by atoms with Crippen molar-refractivity contribution in [3.63, 3.8) is 0 Å². The number of nitrogens with zero attached hydrogens (tertiary/aromatic N) is 7. The van der Waals surface area contributed by atoms with Gasteiger partial charge in [-0.25, -0.2) is 23.7 Å². The number of hydrogen-bond acceptors (Lipinski definition) is 7. The van der Waals surface area contributed by atoms with E-state index >= 15 is 0 Å². The van der Waals surface area contributed by atoms with Crippen molar-refractivity contribution in [3.8, 4) is 16.9 Å². The molecule has 1 amide bonds. The maximum atomic E-state index is 15.0. The normalized spacial score (nSPS) is 17.4. The number of pyridine rings is 1. The van der Waals surface area contributed by atoms with E-state index < -0.39 is 11.5 Å². The maximum Gasteiger partial charge on any atom is 0.356 e. The third kappa shape index (κ3) is 4.87. The number of hydrogen-bond donors (Lipinski definition) is 0. The van der Waals surface area contributed by atoms with Crippen LogP contribution in [0.2, 0.25) is 0 Å². The first-order valence-corrected chi connectivity index (χ1v) is 13.7. The van der Waals surface area contributed by atoms with E-state index in [2.05, 4.69) is 16.5 Å². The molecule has 1 aliphatic heterocycles. The van der Waals surface area contributed by atoms with Crippen molar-refractivity contribution in [1.29, 1.82) is 0 Å². The van der Waals surface area contributed by atoms with Gasteiger partial charge in [-0.2, -0.15) is 4.98 Å². The highest BCUT2D eigenvalue weighted by Gasteiger charge is 2.34. The summed E-state index contributed by atoms with van der Waals surface area (Å²) in [6.07, 6.45) is 3.03. The molecule has 0 N–H and O–H groups in total. The molecule has 0 radical (unpaired) electrons. The lowest BCUT2D eigenvalue weighted by Gasteiger charge is -2.44. The van der Waals surface area contributed by atoms with Gasteiger partial charge < -0.3 is 9.80 Å². The number of amides is 1. The topological polar surface area (TPSA) is 97.1 Å². The molecule has 4 heterocycles. The molecule has 1 aromatic carbocycles. The monoisotopic (exact) mass is 555 g/mol. The average molecular weight is 556 g/mol. The molecule has 10 heteroatoms. The van der Waals surface area contributed by atoms with Crippen LogP contribution in [0.15, 0.2) is 54.0 Å². The zero-order chi connectivity index (χ0) is 29.6. The zero-order valence-electron chi connectivity index (χ0n) is 24.2. The SMILES string of the molecule is C=CC(=O)N1C[C@H](C)N(c2nc(=O)n(-c3c(C)ccnc3C(C)C)c3nc(-c4ccccc4F)c(C)nc23)C[C@H]1C. The van der Waals surface area contributed by atoms with Crippen LogP contribution in [0, 0.1) is 19.7 Å². The molecule has 1 saturated heterocycles. The van der Waals surface area contributed by atoms with Gasteiger partial charge in [-0.05, 0) is 63.5 Å². The quantitative estimate of drug-likeness (QED) is 0.329. The Kier molecular flexibility index (Phi) is 7.42. The number of benzene rings is 1. The zero-order valence-corrected chi connectivity index (χ0v) is 24.2. The Bertz CT molecular complexity index is 1730. The van der Waals surface area contributed by atoms with Crippen molar-refractivity contribution in [2.75, 3.05) is 18.0 Å². The van der Waals surface area contributed by atoms with Crippen LogP contribution in [-0.2, 0) is 4.79 Å². The summed E-state index contributed by atoms with van der Waals surface area (Å²) < 4.78 is 16.4. The largest absolute Gasteiger partial charge is 0.356 e. The number of aromatic nitrogens is 5. The molecule has 4 aromatic rings. The van der Waals surface area contributed by atoms with Crippen LogP contribution >= 0.6 is 0 Å². The fraction of sp³-hybridized carbons (Fsp3) is 0.355. The Morgan fingerprint density at radius 1 is 1.07 bits per heavy atom. The van der Waals surface area contributed by atoms with Gasteiger partial charge in [-0.1, -0.05) is 32.6 Å². The van der Waals surface area contributed by atoms with Gasteiger partial charge in [0.2, 0.25) is 5.91 Å². The lowest BCUT2D eigenvalue weighted by molar-refractivity contribution is -0.128. The number of fused-ring (bicyclic) bond motifs is 1. The first-order valence-electron chi connectivity index (χ1n) is 13.7. The van der Waals surface area contributed by atoms with Gasteiger partial charge in [-0.15, -0.1) is 0 Å². The Balaban J connectivity index is 1.83. The summed E-state index contributed by atoms with van der Waals surface area (Å²) in [6.45, 7) is 16.1. The van der Waals surface area contributed by atoms with Crippen molar-refractivity contribution in [1.82, 2.24) is 29.4 Å². The summed E-state index contributed by atoms with van der Waals surface area (Å²) in [7, 11) is 0. The van der Waals surface area contributed by atoms with Crippen LogP contribution in [0.3, 0.4) is 0 Å². The highest BCUT2D eigenvalue weighted by molar-refractivity contribution is 5.89. The van der Waals surface area contributed by atoms with Crippen LogP contribution < -0.4 is 10.6 Å². The Hall–Kier alpha value is -4.47. The number of anilines is 1. The molecule has 5 rings (SSSR count). The molecule has 212 valence electrons. The molecule has 0 unspecified atom stereocenters. The molecule has 2 atom stereocenters. The van der Waals surface area contributed by atoms with E-state index in [0.717, 1.165) is 11.3 Å². The summed E-state index contributed by atoms with van der Waals surface area (Å²) in [4.78, 5) is 49.3. The first-order chi connectivity index (χ1) is 19.5. The minimum absolute atomic E-state index is 0.00678. The number of carbonyl (C=O) groups is 1. The third-order valence-corrected chi connectivity index (χ3v) is 7.64. The van der Waals surface area contributed by atoms with Gasteiger partial charge in [-0.3, -0.25) is 9.78 Å². The lowest BCUT2D eigenvalue weighted by Crippen LogP contribution is -2.58. The molecule has 41 heavy (non-hydrogen) atoms. The number of piperazine rings is 1. The van der Waals surface area contributed by atoms with E-state index in [-0.39, 0.29) is 29.6 Å². The fourth-order valence-electron chi connectivity index (χ4n) is 5.54.